The molecule has 0 radical (unpaired) electrons. The largest absolute Gasteiger partial charge is 0.393 e. The normalized spacial score (nSPS) is 33.2. The van der Waals surface area contributed by atoms with Gasteiger partial charge in [0.05, 0.1) is 6.10 Å². The van der Waals surface area contributed by atoms with Crippen LogP contribution in [0, 0.1) is 0 Å². The Labute approximate surface area is 74.5 Å². The zero-order valence-electron chi connectivity index (χ0n) is 8.01. The predicted octanol–water partition coefficient (Wildman–Crippen LogP) is 0.0973. The van der Waals surface area contributed by atoms with E-state index in [1.807, 2.05) is 6.92 Å². The average Bonchev–Trinajstić information content (AvgIpc) is 2.09. The lowest BCUT2D eigenvalue weighted by Gasteiger charge is -2.30. The van der Waals surface area contributed by atoms with E-state index in [0.717, 1.165) is 25.9 Å². The molecule has 0 aromatic heterocycles. The van der Waals surface area contributed by atoms with Gasteiger partial charge in [-0.05, 0) is 19.8 Å². The third kappa shape index (κ3) is 3.09. The van der Waals surface area contributed by atoms with Gasteiger partial charge in [0.1, 0.15) is 0 Å². The maximum atomic E-state index is 9.41. The Bertz CT molecular complexity index is 122. The van der Waals surface area contributed by atoms with Crippen molar-refractivity contribution in [3.63, 3.8) is 0 Å². The van der Waals surface area contributed by atoms with E-state index in [2.05, 4.69) is 17.6 Å². The molecule has 1 aliphatic rings. The predicted molar refractivity (Wildman–Crippen MR) is 50.2 cm³/mol. The average molecular weight is 172 g/mol. The molecule has 0 spiro atoms. The van der Waals surface area contributed by atoms with E-state index in [9.17, 15) is 5.11 Å². The number of hydrogen-bond donors (Lipinski definition) is 3. The lowest BCUT2D eigenvalue weighted by molar-refractivity contribution is 0.138. The highest BCUT2D eigenvalue weighted by Crippen LogP contribution is 2.04. The van der Waals surface area contributed by atoms with Gasteiger partial charge in [-0.25, -0.2) is 0 Å². The maximum Gasteiger partial charge on any atom is 0.0553 e. The summed E-state index contributed by atoms with van der Waals surface area (Å²) >= 11 is 0. The highest BCUT2D eigenvalue weighted by atomic mass is 16.3. The third-order valence-electron chi connectivity index (χ3n) is 2.45. The lowest BCUT2D eigenvalue weighted by atomic mass is 10.0. The van der Waals surface area contributed by atoms with Gasteiger partial charge in [0.25, 0.3) is 0 Å². The van der Waals surface area contributed by atoms with Crippen molar-refractivity contribution in [2.75, 3.05) is 13.1 Å². The van der Waals surface area contributed by atoms with Crippen LogP contribution in [0.5, 0.6) is 0 Å². The summed E-state index contributed by atoms with van der Waals surface area (Å²) < 4.78 is 0. The molecule has 1 aliphatic heterocycles. The van der Waals surface area contributed by atoms with Crippen molar-refractivity contribution >= 4 is 0 Å². The number of hydrogen-bond acceptors (Lipinski definition) is 3. The molecule has 1 fully saturated rings. The molecule has 1 rings (SSSR count). The first-order chi connectivity index (χ1) is 5.72. The van der Waals surface area contributed by atoms with E-state index in [0.29, 0.717) is 12.1 Å². The van der Waals surface area contributed by atoms with Crippen LogP contribution in [0.25, 0.3) is 0 Å². The molecule has 1 saturated heterocycles. The van der Waals surface area contributed by atoms with Gasteiger partial charge < -0.3 is 15.7 Å². The SMILES string of the molecule is CCC(O)CC1CNC(C)CN1. The molecule has 3 nitrogen and oxygen atoms in total. The zero-order valence-corrected chi connectivity index (χ0v) is 8.01. The first-order valence-corrected chi connectivity index (χ1v) is 4.87. The van der Waals surface area contributed by atoms with Crippen molar-refractivity contribution in [2.24, 2.45) is 0 Å². The fourth-order valence-corrected chi connectivity index (χ4v) is 1.49. The summed E-state index contributed by atoms with van der Waals surface area (Å²) in [6.07, 6.45) is 1.59. The number of aliphatic hydroxyl groups excluding tert-OH is 1. The van der Waals surface area contributed by atoms with Crippen LogP contribution in [-0.2, 0) is 0 Å². The number of aliphatic hydroxyl groups is 1. The van der Waals surface area contributed by atoms with Crippen molar-refractivity contribution in [2.45, 2.75) is 44.9 Å². The first kappa shape index (κ1) is 9.96. The van der Waals surface area contributed by atoms with E-state index in [4.69, 9.17) is 0 Å². The highest BCUT2D eigenvalue weighted by Gasteiger charge is 2.18. The van der Waals surface area contributed by atoms with Crippen molar-refractivity contribution in [3.8, 4) is 0 Å². The Hall–Kier alpha value is -0.120. The van der Waals surface area contributed by atoms with Gasteiger partial charge in [0.15, 0.2) is 0 Å². The topological polar surface area (TPSA) is 44.3 Å². The van der Waals surface area contributed by atoms with Gasteiger partial charge in [0, 0.05) is 25.2 Å². The molecule has 3 N–H and O–H groups in total. The van der Waals surface area contributed by atoms with E-state index in [-0.39, 0.29) is 6.10 Å². The lowest BCUT2D eigenvalue weighted by Crippen LogP contribution is -2.53. The summed E-state index contributed by atoms with van der Waals surface area (Å²) in [5.41, 5.74) is 0. The molecule has 0 aromatic carbocycles. The smallest absolute Gasteiger partial charge is 0.0553 e. The maximum absolute atomic E-state index is 9.41. The highest BCUT2D eigenvalue weighted by molar-refractivity contribution is 4.81. The molecule has 3 atom stereocenters. The van der Waals surface area contributed by atoms with Crippen LogP contribution in [0.15, 0.2) is 0 Å². The molecule has 0 aromatic rings. The Morgan fingerprint density at radius 2 is 2.17 bits per heavy atom. The second kappa shape index (κ2) is 4.80. The summed E-state index contributed by atoms with van der Waals surface area (Å²) in [4.78, 5) is 0. The third-order valence-corrected chi connectivity index (χ3v) is 2.45. The van der Waals surface area contributed by atoms with Gasteiger partial charge in [-0.3, -0.25) is 0 Å². The monoisotopic (exact) mass is 172 g/mol. The minimum Gasteiger partial charge on any atom is -0.393 e. The van der Waals surface area contributed by atoms with E-state index in [1.165, 1.54) is 0 Å². The molecule has 1 heterocycles. The molecular formula is C9H20N2O. The van der Waals surface area contributed by atoms with Crippen LogP contribution in [-0.4, -0.2) is 36.4 Å². The molecule has 3 unspecified atom stereocenters. The van der Waals surface area contributed by atoms with Crippen LogP contribution < -0.4 is 10.6 Å². The van der Waals surface area contributed by atoms with Crippen LogP contribution in [0.1, 0.15) is 26.7 Å². The fourth-order valence-electron chi connectivity index (χ4n) is 1.49. The minimum absolute atomic E-state index is 0.141. The number of nitrogens with one attached hydrogen (secondary N) is 2. The van der Waals surface area contributed by atoms with Gasteiger partial charge in [-0.1, -0.05) is 6.92 Å². The van der Waals surface area contributed by atoms with Crippen molar-refractivity contribution in [1.82, 2.24) is 10.6 Å². The number of rotatable bonds is 3. The summed E-state index contributed by atoms with van der Waals surface area (Å²) in [7, 11) is 0. The van der Waals surface area contributed by atoms with Crippen LogP contribution in [0.3, 0.4) is 0 Å². The summed E-state index contributed by atoms with van der Waals surface area (Å²) in [6, 6.07) is 1.02. The Morgan fingerprint density at radius 3 is 2.67 bits per heavy atom. The van der Waals surface area contributed by atoms with E-state index in [1.54, 1.807) is 0 Å². The summed E-state index contributed by atoms with van der Waals surface area (Å²) in [5.74, 6) is 0. The molecule has 12 heavy (non-hydrogen) atoms. The molecule has 72 valence electrons. The van der Waals surface area contributed by atoms with E-state index < -0.39 is 0 Å². The molecule has 0 aliphatic carbocycles. The molecule has 0 saturated carbocycles. The van der Waals surface area contributed by atoms with Gasteiger partial charge in [0.2, 0.25) is 0 Å². The number of piperazine rings is 1. The Kier molecular flexibility index (Phi) is 3.98. The van der Waals surface area contributed by atoms with Gasteiger partial charge >= 0.3 is 0 Å². The molecule has 0 amide bonds. The minimum atomic E-state index is -0.141. The van der Waals surface area contributed by atoms with E-state index >= 15 is 0 Å². The second-order valence-electron chi connectivity index (χ2n) is 3.71. The molecular weight excluding hydrogens is 152 g/mol. The zero-order chi connectivity index (χ0) is 8.97. The van der Waals surface area contributed by atoms with Crippen molar-refractivity contribution < 1.29 is 5.11 Å². The van der Waals surface area contributed by atoms with Crippen LogP contribution >= 0.6 is 0 Å². The summed E-state index contributed by atoms with van der Waals surface area (Å²) in [5, 5.41) is 16.2. The molecule has 0 bridgehead atoms. The Morgan fingerprint density at radius 1 is 1.42 bits per heavy atom. The Balaban J connectivity index is 2.17. The standard InChI is InChI=1S/C9H20N2O/c1-3-9(12)4-8-6-10-7(2)5-11-8/h7-12H,3-6H2,1-2H3. The van der Waals surface area contributed by atoms with Crippen molar-refractivity contribution in [3.05, 3.63) is 0 Å². The second-order valence-corrected chi connectivity index (χ2v) is 3.71. The van der Waals surface area contributed by atoms with Crippen molar-refractivity contribution in [1.29, 1.82) is 0 Å². The quantitative estimate of drug-likeness (QED) is 0.565. The van der Waals surface area contributed by atoms with Crippen LogP contribution in [0.4, 0.5) is 0 Å². The first-order valence-electron chi connectivity index (χ1n) is 4.87. The molecule has 3 heteroatoms. The van der Waals surface area contributed by atoms with Crippen LogP contribution in [0.2, 0.25) is 0 Å². The van der Waals surface area contributed by atoms with Gasteiger partial charge in [-0.15, -0.1) is 0 Å². The van der Waals surface area contributed by atoms with Gasteiger partial charge in [-0.2, -0.15) is 0 Å². The fraction of sp³-hybridized carbons (Fsp3) is 1.00. The summed E-state index contributed by atoms with van der Waals surface area (Å²) in [6.45, 7) is 6.18.